The number of allylic oxidation sites excluding steroid dienone is 1. The van der Waals surface area contributed by atoms with Crippen molar-refractivity contribution in [2.24, 2.45) is 0 Å². The van der Waals surface area contributed by atoms with E-state index in [2.05, 4.69) is 27.4 Å². The van der Waals surface area contributed by atoms with E-state index >= 15 is 0 Å². The van der Waals surface area contributed by atoms with Crippen LogP contribution in [0.2, 0.25) is 0 Å². The SMILES string of the molecule is S=CNCc1ccc(/C=C/C(=S)c2ncc[nH]2)cc1. The van der Waals surface area contributed by atoms with Crippen LogP contribution in [-0.4, -0.2) is 20.3 Å². The highest BCUT2D eigenvalue weighted by molar-refractivity contribution is 7.81. The number of hydrogen-bond donors (Lipinski definition) is 2. The molecule has 0 aliphatic heterocycles. The first-order valence-electron chi connectivity index (χ1n) is 5.77. The van der Waals surface area contributed by atoms with Gasteiger partial charge in [-0.1, -0.05) is 54.8 Å². The van der Waals surface area contributed by atoms with Crippen LogP contribution in [0.15, 0.2) is 42.7 Å². The molecule has 0 spiro atoms. The Bertz CT molecular complexity index is 571. The minimum atomic E-state index is 0.691. The van der Waals surface area contributed by atoms with E-state index in [1.54, 1.807) is 12.4 Å². The van der Waals surface area contributed by atoms with Gasteiger partial charge in [0.15, 0.2) is 0 Å². The van der Waals surface area contributed by atoms with E-state index in [0.29, 0.717) is 10.7 Å². The minimum absolute atomic E-state index is 0.691. The van der Waals surface area contributed by atoms with Gasteiger partial charge < -0.3 is 10.3 Å². The van der Waals surface area contributed by atoms with Crippen molar-refractivity contribution in [3.8, 4) is 0 Å². The molecule has 0 aliphatic carbocycles. The molecule has 0 atom stereocenters. The number of aromatic amines is 1. The molecular formula is C14H13N3S2. The number of nitrogens with one attached hydrogen (secondary N) is 2. The number of thiocarbonyl (C=S) groups is 2. The smallest absolute Gasteiger partial charge is 0.148 e. The van der Waals surface area contributed by atoms with Crippen LogP contribution in [0, 0.1) is 0 Å². The van der Waals surface area contributed by atoms with Gasteiger partial charge >= 0.3 is 0 Å². The summed E-state index contributed by atoms with van der Waals surface area (Å²) < 4.78 is 0. The van der Waals surface area contributed by atoms with E-state index in [1.165, 1.54) is 11.1 Å². The van der Waals surface area contributed by atoms with Gasteiger partial charge in [0.05, 0.1) is 10.4 Å². The quantitative estimate of drug-likeness (QED) is 0.487. The number of aromatic nitrogens is 2. The molecule has 0 saturated heterocycles. The molecule has 0 unspecified atom stereocenters. The Morgan fingerprint density at radius 2 is 2.11 bits per heavy atom. The third-order valence-corrected chi connectivity index (χ3v) is 3.02. The van der Waals surface area contributed by atoms with Gasteiger partial charge in [-0.05, 0) is 17.2 Å². The molecule has 0 fully saturated rings. The number of imidazole rings is 1. The molecule has 0 saturated carbocycles. The summed E-state index contributed by atoms with van der Waals surface area (Å²) in [6, 6.07) is 8.20. The van der Waals surface area contributed by atoms with Crippen molar-refractivity contribution in [3.63, 3.8) is 0 Å². The van der Waals surface area contributed by atoms with Gasteiger partial charge in [-0.25, -0.2) is 4.98 Å². The lowest BCUT2D eigenvalue weighted by Gasteiger charge is -2.01. The molecule has 3 nitrogen and oxygen atoms in total. The van der Waals surface area contributed by atoms with Crippen molar-refractivity contribution in [2.45, 2.75) is 6.54 Å². The summed E-state index contributed by atoms with van der Waals surface area (Å²) in [7, 11) is 0. The molecule has 19 heavy (non-hydrogen) atoms. The maximum atomic E-state index is 5.25. The Morgan fingerprint density at radius 3 is 2.74 bits per heavy atom. The van der Waals surface area contributed by atoms with Crippen LogP contribution in [0.25, 0.3) is 6.08 Å². The van der Waals surface area contributed by atoms with E-state index in [1.807, 2.05) is 24.3 Å². The summed E-state index contributed by atoms with van der Waals surface area (Å²) in [6.07, 6.45) is 7.29. The molecule has 1 heterocycles. The molecule has 0 bridgehead atoms. The van der Waals surface area contributed by atoms with Crippen LogP contribution in [0.4, 0.5) is 0 Å². The lowest BCUT2D eigenvalue weighted by Crippen LogP contribution is -2.08. The summed E-state index contributed by atoms with van der Waals surface area (Å²) in [5.41, 5.74) is 3.81. The lowest BCUT2D eigenvalue weighted by molar-refractivity contribution is 0.944. The van der Waals surface area contributed by atoms with Crippen molar-refractivity contribution in [3.05, 3.63) is 59.7 Å². The van der Waals surface area contributed by atoms with Crippen LogP contribution in [-0.2, 0) is 6.54 Å². The van der Waals surface area contributed by atoms with Crippen molar-refractivity contribution in [1.82, 2.24) is 15.3 Å². The normalized spacial score (nSPS) is 10.5. The summed E-state index contributed by atoms with van der Waals surface area (Å²) in [6.45, 7) is 0.748. The molecule has 96 valence electrons. The Labute approximate surface area is 122 Å². The number of hydrogen-bond acceptors (Lipinski definition) is 3. The summed E-state index contributed by atoms with van der Waals surface area (Å²) in [5.74, 6) is 0.716. The molecule has 1 aromatic carbocycles. The fourth-order valence-electron chi connectivity index (χ4n) is 1.56. The minimum Gasteiger partial charge on any atom is -0.378 e. The molecule has 1 aromatic heterocycles. The maximum absolute atomic E-state index is 5.25. The van der Waals surface area contributed by atoms with E-state index in [9.17, 15) is 0 Å². The second kappa shape index (κ2) is 6.92. The first-order chi connectivity index (χ1) is 9.29. The van der Waals surface area contributed by atoms with Crippen LogP contribution < -0.4 is 5.32 Å². The van der Waals surface area contributed by atoms with Gasteiger partial charge in [0.2, 0.25) is 0 Å². The second-order valence-electron chi connectivity index (χ2n) is 3.88. The zero-order valence-electron chi connectivity index (χ0n) is 10.2. The molecule has 2 aromatic rings. The molecule has 0 amide bonds. The van der Waals surface area contributed by atoms with E-state index in [0.717, 1.165) is 12.1 Å². The topological polar surface area (TPSA) is 40.7 Å². The Balaban J connectivity index is 1.99. The first kappa shape index (κ1) is 13.6. The van der Waals surface area contributed by atoms with E-state index < -0.39 is 0 Å². The number of benzene rings is 1. The molecule has 2 N–H and O–H groups in total. The van der Waals surface area contributed by atoms with Crippen molar-refractivity contribution in [2.75, 3.05) is 0 Å². The summed E-state index contributed by atoms with van der Waals surface area (Å²) in [5, 5.41) is 2.99. The Kier molecular flexibility index (Phi) is 4.94. The molecular weight excluding hydrogens is 274 g/mol. The highest BCUT2D eigenvalue weighted by Crippen LogP contribution is 2.07. The summed E-state index contributed by atoms with van der Waals surface area (Å²) >= 11 is 9.97. The Hall–Kier alpha value is -1.85. The predicted molar refractivity (Wildman–Crippen MR) is 86.3 cm³/mol. The van der Waals surface area contributed by atoms with Gasteiger partial charge in [-0.2, -0.15) is 0 Å². The Morgan fingerprint density at radius 1 is 1.32 bits per heavy atom. The number of nitrogens with zero attached hydrogens (tertiary/aromatic N) is 1. The third kappa shape index (κ3) is 4.08. The zero-order valence-corrected chi connectivity index (χ0v) is 11.8. The van der Waals surface area contributed by atoms with Crippen LogP contribution in [0.5, 0.6) is 0 Å². The monoisotopic (exact) mass is 287 g/mol. The van der Waals surface area contributed by atoms with Crippen LogP contribution >= 0.6 is 24.4 Å². The molecule has 2 rings (SSSR count). The maximum Gasteiger partial charge on any atom is 0.148 e. The number of H-pyrrole nitrogens is 1. The van der Waals surface area contributed by atoms with Gasteiger partial charge in [0.25, 0.3) is 0 Å². The molecule has 0 radical (unpaired) electrons. The highest BCUT2D eigenvalue weighted by Gasteiger charge is 1.98. The number of rotatable bonds is 6. The van der Waals surface area contributed by atoms with Gasteiger partial charge in [-0.15, -0.1) is 0 Å². The largest absolute Gasteiger partial charge is 0.378 e. The molecule has 0 aliphatic rings. The van der Waals surface area contributed by atoms with Gasteiger partial charge in [0.1, 0.15) is 5.82 Å². The lowest BCUT2D eigenvalue weighted by atomic mass is 10.1. The fraction of sp³-hybridized carbons (Fsp3) is 0.0714. The van der Waals surface area contributed by atoms with Crippen molar-refractivity contribution >= 4 is 40.9 Å². The van der Waals surface area contributed by atoms with E-state index in [4.69, 9.17) is 24.4 Å². The highest BCUT2D eigenvalue weighted by atomic mass is 32.1. The summed E-state index contributed by atoms with van der Waals surface area (Å²) in [4.78, 5) is 7.78. The average molecular weight is 287 g/mol. The predicted octanol–water partition coefficient (Wildman–Crippen LogP) is 2.89. The fourth-order valence-corrected chi connectivity index (χ4v) is 1.82. The van der Waals surface area contributed by atoms with Crippen molar-refractivity contribution in [1.29, 1.82) is 0 Å². The van der Waals surface area contributed by atoms with Crippen molar-refractivity contribution < 1.29 is 0 Å². The van der Waals surface area contributed by atoms with Crippen LogP contribution in [0.1, 0.15) is 17.0 Å². The zero-order chi connectivity index (χ0) is 13.5. The van der Waals surface area contributed by atoms with Gasteiger partial charge in [0, 0.05) is 18.9 Å². The van der Waals surface area contributed by atoms with E-state index in [-0.39, 0.29) is 0 Å². The van der Waals surface area contributed by atoms with Crippen LogP contribution in [0.3, 0.4) is 0 Å². The van der Waals surface area contributed by atoms with Gasteiger partial charge in [-0.3, -0.25) is 0 Å². The first-order valence-corrected chi connectivity index (χ1v) is 6.65. The standard InChI is InChI=1S/C14H13N3S2/c18-10-15-9-12-3-1-11(2-4-12)5-6-13(19)14-16-7-8-17-14/h1-8,10H,9H2,(H,15,18)(H,16,17)/b6-5+. The second-order valence-corrected chi connectivity index (χ2v) is 4.55. The third-order valence-electron chi connectivity index (χ3n) is 2.53. The molecule has 5 heteroatoms. The average Bonchev–Trinajstić information content (AvgIpc) is 2.98.